The van der Waals surface area contributed by atoms with Crippen LogP contribution in [0.15, 0.2) is 30.3 Å². The van der Waals surface area contributed by atoms with Gasteiger partial charge in [-0.2, -0.15) is 0 Å². The summed E-state index contributed by atoms with van der Waals surface area (Å²) in [6.45, 7) is 2.17. The molecule has 3 heteroatoms. The van der Waals surface area contributed by atoms with Crippen molar-refractivity contribution in [3.05, 3.63) is 35.9 Å². The second-order valence-electron chi connectivity index (χ2n) is 2.86. The van der Waals surface area contributed by atoms with Crippen molar-refractivity contribution in [1.29, 1.82) is 0 Å². The van der Waals surface area contributed by atoms with Crippen LogP contribution in [0.1, 0.15) is 12.5 Å². The number of methoxy groups -OCH3 is 1. The zero-order chi connectivity index (χ0) is 11.1. The van der Waals surface area contributed by atoms with Crippen LogP contribution in [0, 0.1) is 0 Å². The number of esters is 1. The highest BCUT2D eigenvalue weighted by molar-refractivity contribution is 5.87. The van der Waals surface area contributed by atoms with Crippen molar-refractivity contribution < 1.29 is 14.3 Å². The van der Waals surface area contributed by atoms with E-state index in [-0.39, 0.29) is 5.97 Å². The van der Waals surface area contributed by atoms with Gasteiger partial charge in [0.2, 0.25) is 0 Å². The van der Waals surface area contributed by atoms with Gasteiger partial charge >= 0.3 is 5.97 Å². The van der Waals surface area contributed by atoms with Crippen LogP contribution in [0.3, 0.4) is 0 Å². The summed E-state index contributed by atoms with van der Waals surface area (Å²) >= 11 is 0. The van der Waals surface area contributed by atoms with Crippen molar-refractivity contribution in [2.45, 2.75) is 6.92 Å². The largest absolute Gasteiger partial charge is 0.497 e. The Labute approximate surface area is 89.3 Å². The van der Waals surface area contributed by atoms with Gasteiger partial charge in [0.05, 0.1) is 13.7 Å². The Bertz CT molecular complexity index is 356. The lowest BCUT2D eigenvalue weighted by atomic mass is 10.2. The third-order valence-corrected chi connectivity index (χ3v) is 1.79. The Hall–Kier alpha value is -1.77. The molecule has 1 aromatic carbocycles. The van der Waals surface area contributed by atoms with Gasteiger partial charge in [-0.1, -0.05) is 12.1 Å². The topological polar surface area (TPSA) is 35.5 Å². The molecule has 0 saturated heterocycles. The number of hydrogen-bond acceptors (Lipinski definition) is 3. The van der Waals surface area contributed by atoms with E-state index in [9.17, 15) is 4.79 Å². The molecular formula is C12H14O3. The molecule has 0 atom stereocenters. The Morgan fingerprint density at radius 1 is 1.47 bits per heavy atom. The highest BCUT2D eigenvalue weighted by Gasteiger charge is 1.95. The molecule has 0 aliphatic rings. The molecule has 0 aliphatic heterocycles. The average Bonchev–Trinajstić information content (AvgIpc) is 2.27. The van der Waals surface area contributed by atoms with E-state index in [0.29, 0.717) is 6.61 Å². The van der Waals surface area contributed by atoms with E-state index in [1.54, 1.807) is 20.1 Å². The molecule has 15 heavy (non-hydrogen) atoms. The number of carbonyl (C=O) groups is 1. The van der Waals surface area contributed by atoms with Gasteiger partial charge in [-0.25, -0.2) is 4.79 Å². The summed E-state index contributed by atoms with van der Waals surface area (Å²) in [5.41, 5.74) is 0.905. The number of benzene rings is 1. The van der Waals surface area contributed by atoms with Gasteiger partial charge in [0.1, 0.15) is 5.75 Å². The molecule has 0 N–H and O–H groups in total. The smallest absolute Gasteiger partial charge is 0.330 e. The summed E-state index contributed by atoms with van der Waals surface area (Å²) < 4.78 is 9.82. The Morgan fingerprint density at radius 3 is 2.93 bits per heavy atom. The van der Waals surface area contributed by atoms with Crippen LogP contribution in [-0.2, 0) is 9.53 Å². The maximum absolute atomic E-state index is 11.0. The maximum Gasteiger partial charge on any atom is 0.330 e. The monoisotopic (exact) mass is 206 g/mol. The molecule has 0 aliphatic carbocycles. The van der Waals surface area contributed by atoms with Crippen LogP contribution in [0.4, 0.5) is 0 Å². The van der Waals surface area contributed by atoms with Crippen molar-refractivity contribution >= 4 is 12.0 Å². The lowest BCUT2D eigenvalue weighted by molar-refractivity contribution is -0.137. The molecule has 1 rings (SSSR count). The fraction of sp³-hybridized carbons (Fsp3) is 0.250. The molecule has 0 aromatic heterocycles. The molecule has 0 bridgehead atoms. The third kappa shape index (κ3) is 3.85. The van der Waals surface area contributed by atoms with Gasteiger partial charge in [-0.3, -0.25) is 0 Å². The SMILES string of the molecule is CCOC(=O)/C=C\c1cccc(OC)c1. The van der Waals surface area contributed by atoms with E-state index in [2.05, 4.69) is 0 Å². The minimum absolute atomic E-state index is 0.333. The van der Waals surface area contributed by atoms with Crippen LogP contribution < -0.4 is 4.74 Å². The Balaban J connectivity index is 2.67. The maximum atomic E-state index is 11.0. The molecule has 0 amide bonds. The highest BCUT2D eigenvalue weighted by atomic mass is 16.5. The zero-order valence-corrected chi connectivity index (χ0v) is 8.90. The lowest BCUT2D eigenvalue weighted by Crippen LogP contribution is -1.98. The molecule has 0 saturated carbocycles. The van der Waals surface area contributed by atoms with Crippen LogP contribution in [0.2, 0.25) is 0 Å². The van der Waals surface area contributed by atoms with Crippen LogP contribution in [0.5, 0.6) is 5.75 Å². The van der Waals surface area contributed by atoms with Gasteiger partial charge in [-0.05, 0) is 30.7 Å². The van der Waals surface area contributed by atoms with E-state index in [4.69, 9.17) is 9.47 Å². The number of rotatable bonds is 4. The molecule has 0 heterocycles. The minimum Gasteiger partial charge on any atom is -0.497 e. The van der Waals surface area contributed by atoms with Crippen LogP contribution in [-0.4, -0.2) is 19.7 Å². The molecule has 0 fully saturated rings. The van der Waals surface area contributed by atoms with Crippen molar-refractivity contribution in [2.75, 3.05) is 13.7 Å². The van der Waals surface area contributed by atoms with E-state index >= 15 is 0 Å². The first kappa shape index (κ1) is 11.3. The van der Waals surface area contributed by atoms with E-state index in [0.717, 1.165) is 11.3 Å². The average molecular weight is 206 g/mol. The summed E-state index contributed by atoms with van der Waals surface area (Å²) in [6.07, 6.45) is 3.10. The van der Waals surface area contributed by atoms with Crippen LogP contribution in [0.25, 0.3) is 6.08 Å². The van der Waals surface area contributed by atoms with E-state index < -0.39 is 0 Å². The number of hydrogen-bond donors (Lipinski definition) is 0. The van der Waals surface area contributed by atoms with Crippen molar-refractivity contribution in [3.8, 4) is 5.75 Å². The summed E-state index contributed by atoms with van der Waals surface area (Å²) in [4.78, 5) is 11.0. The predicted octanol–water partition coefficient (Wildman–Crippen LogP) is 2.27. The minimum atomic E-state index is -0.333. The zero-order valence-electron chi connectivity index (χ0n) is 8.90. The quantitative estimate of drug-likeness (QED) is 0.560. The summed E-state index contributed by atoms with van der Waals surface area (Å²) in [6, 6.07) is 7.44. The Morgan fingerprint density at radius 2 is 2.27 bits per heavy atom. The molecule has 0 unspecified atom stereocenters. The number of ether oxygens (including phenoxy) is 2. The fourth-order valence-corrected chi connectivity index (χ4v) is 1.10. The molecular weight excluding hydrogens is 192 g/mol. The highest BCUT2D eigenvalue weighted by Crippen LogP contribution is 2.13. The van der Waals surface area contributed by atoms with Gasteiger partial charge in [0.25, 0.3) is 0 Å². The normalized spacial score (nSPS) is 10.3. The lowest BCUT2D eigenvalue weighted by Gasteiger charge is -2.00. The second-order valence-corrected chi connectivity index (χ2v) is 2.86. The predicted molar refractivity (Wildman–Crippen MR) is 58.7 cm³/mol. The van der Waals surface area contributed by atoms with E-state index in [1.165, 1.54) is 6.08 Å². The van der Waals surface area contributed by atoms with Crippen molar-refractivity contribution in [2.24, 2.45) is 0 Å². The van der Waals surface area contributed by atoms with Crippen molar-refractivity contribution in [3.63, 3.8) is 0 Å². The summed E-state index contributed by atoms with van der Waals surface area (Å²) in [5, 5.41) is 0. The van der Waals surface area contributed by atoms with Gasteiger partial charge in [-0.15, -0.1) is 0 Å². The first-order chi connectivity index (χ1) is 7.26. The summed E-state index contributed by atoms with van der Waals surface area (Å²) in [5.74, 6) is 0.432. The Kier molecular flexibility index (Phi) is 4.41. The third-order valence-electron chi connectivity index (χ3n) is 1.79. The van der Waals surface area contributed by atoms with Crippen molar-refractivity contribution in [1.82, 2.24) is 0 Å². The fourth-order valence-electron chi connectivity index (χ4n) is 1.10. The second kappa shape index (κ2) is 5.86. The van der Waals surface area contributed by atoms with Crippen LogP contribution >= 0.6 is 0 Å². The van der Waals surface area contributed by atoms with Gasteiger partial charge in [0.15, 0.2) is 0 Å². The molecule has 0 spiro atoms. The standard InChI is InChI=1S/C12H14O3/c1-3-15-12(13)8-7-10-5-4-6-11(9-10)14-2/h4-9H,3H2,1-2H3/b8-7-. The molecule has 3 nitrogen and oxygen atoms in total. The first-order valence-electron chi connectivity index (χ1n) is 4.75. The number of carbonyl (C=O) groups excluding carboxylic acids is 1. The molecule has 80 valence electrons. The molecule has 0 radical (unpaired) electrons. The van der Waals surface area contributed by atoms with Gasteiger partial charge < -0.3 is 9.47 Å². The van der Waals surface area contributed by atoms with Gasteiger partial charge in [0, 0.05) is 6.08 Å². The van der Waals surface area contributed by atoms with E-state index in [1.807, 2.05) is 24.3 Å². The summed E-state index contributed by atoms with van der Waals surface area (Å²) in [7, 11) is 1.61. The molecule has 1 aromatic rings. The first-order valence-corrected chi connectivity index (χ1v) is 4.75.